The molecule has 0 aliphatic heterocycles. The van der Waals surface area contributed by atoms with E-state index in [1.165, 1.54) is 23.1 Å². The van der Waals surface area contributed by atoms with Gasteiger partial charge in [0.25, 0.3) is 5.91 Å². The maximum absolute atomic E-state index is 11.8. The van der Waals surface area contributed by atoms with E-state index in [0.717, 1.165) is 14.5 Å². The van der Waals surface area contributed by atoms with Gasteiger partial charge in [-0.3, -0.25) is 20.4 Å². The number of hydrogen-bond donors (Lipinski definition) is 2. The van der Waals surface area contributed by atoms with Crippen molar-refractivity contribution in [3.63, 3.8) is 0 Å². The van der Waals surface area contributed by atoms with Crippen molar-refractivity contribution in [3.05, 3.63) is 45.4 Å². The molecule has 0 aliphatic rings. The van der Waals surface area contributed by atoms with E-state index in [1.807, 2.05) is 12.3 Å². The first-order valence-electron chi connectivity index (χ1n) is 5.94. The van der Waals surface area contributed by atoms with Crippen molar-refractivity contribution in [3.8, 4) is 0 Å². The normalized spacial score (nSPS) is 10.2. The summed E-state index contributed by atoms with van der Waals surface area (Å²) in [5, 5.41) is 1.93. The van der Waals surface area contributed by atoms with Crippen LogP contribution in [0.3, 0.4) is 0 Å². The van der Waals surface area contributed by atoms with Crippen LogP contribution >= 0.6 is 39.0 Å². The SMILES string of the molecule is Cc1csc(SCC(=O)NNC(=O)c2ccc(Br)cc2)n1. The van der Waals surface area contributed by atoms with Gasteiger partial charge in [0.1, 0.15) is 0 Å². The molecule has 0 atom stereocenters. The molecule has 0 spiro atoms. The molecule has 0 unspecified atom stereocenters. The lowest BCUT2D eigenvalue weighted by molar-refractivity contribution is -0.119. The minimum Gasteiger partial charge on any atom is -0.272 e. The summed E-state index contributed by atoms with van der Waals surface area (Å²) >= 11 is 6.12. The van der Waals surface area contributed by atoms with Gasteiger partial charge in [0.05, 0.1) is 5.75 Å². The number of benzene rings is 1. The predicted molar refractivity (Wildman–Crippen MR) is 87.3 cm³/mol. The molecule has 0 fully saturated rings. The van der Waals surface area contributed by atoms with Crippen LogP contribution < -0.4 is 10.9 Å². The molecule has 110 valence electrons. The zero-order valence-corrected chi connectivity index (χ0v) is 14.3. The molecule has 1 aromatic heterocycles. The van der Waals surface area contributed by atoms with E-state index in [4.69, 9.17) is 0 Å². The Morgan fingerprint density at radius 2 is 2.00 bits per heavy atom. The van der Waals surface area contributed by atoms with Crippen LogP contribution in [0.4, 0.5) is 0 Å². The van der Waals surface area contributed by atoms with Crippen molar-refractivity contribution < 1.29 is 9.59 Å². The van der Waals surface area contributed by atoms with Crippen LogP contribution in [-0.2, 0) is 4.79 Å². The molecule has 0 bridgehead atoms. The van der Waals surface area contributed by atoms with Gasteiger partial charge in [-0.25, -0.2) is 4.98 Å². The molecule has 0 aliphatic carbocycles. The fourth-order valence-corrected chi connectivity index (χ4v) is 3.28. The summed E-state index contributed by atoms with van der Waals surface area (Å²) in [5.41, 5.74) is 6.16. The van der Waals surface area contributed by atoms with Gasteiger partial charge in [-0.05, 0) is 31.2 Å². The third kappa shape index (κ3) is 5.14. The second kappa shape index (κ2) is 7.58. The molecule has 8 heteroatoms. The third-order valence-electron chi connectivity index (χ3n) is 2.35. The number of carbonyl (C=O) groups is 2. The summed E-state index contributed by atoms with van der Waals surface area (Å²) in [6.45, 7) is 1.90. The van der Waals surface area contributed by atoms with Crippen LogP contribution in [0.15, 0.2) is 38.5 Å². The number of nitrogens with one attached hydrogen (secondary N) is 2. The number of thiazole rings is 1. The van der Waals surface area contributed by atoms with Crippen molar-refractivity contribution in [2.75, 3.05) is 5.75 Å². The first-order chi connectivity index (χ1) is 10.0. The van der Waals surface area contributed by atoms with Crippen LogP contribution in [0, 0.1) is 6.92 Å². The number of amides is 2. The molecular weight excluding hydrogens is 374 g/mol. The van der Waals surface area contributed by atoms with Crippen LogP contribution in [-0.4, -0.2) is 22.6 Å². The lowest BCUT2D eigenvalue weighted by atomic mass is 10.2. The topological polar surface area (TPSA) is 71.1 Å². The van der Waals surface area contributed by atoms with E-state index in [-0.39, 0.29) is 17.6 Å². The average Bonchev–Trinajstić information content (AvgIpc) is 2.89. The fourth-order valence-electron chi connectivity index (χ4n) is 1.36. The number of hydrazine groups is 1. The molecule has 0 radical (unpaired) electrons. The molecule has 0 saturated carbocycles. The molecule has 1 heterocycles. The Morgan fingerprint density at radius 3 is 2.62 bits per heavy atom. The first-order valence-corrected chi connectivity index (χ1v) is 8.60. The van der Waals surface area contributed by atoms with Gasteiger partial charge in [0.2, 0.25) is 5.91 Å². The summed E-state index contributed by atoms with van der Waals surface area (Å²) in [5.74, 6) is -0.433. The second-order valence-electron chi connectivity index (χ2n) is 4.05. The molecule has 1 aromatic carbocycles. The maximum atomic E-state index is 11.8. The van der Waals surface area contributed by atoms with E-state index in [1.54, 1.807) is 24.3 Å². The van der Waals surface area contributed by atoms with E-state index in [9.17, 15) is 9.59 Å². The highest BCUT2D eigenvalue weighted by Crippen LogP contribution is 2.21. The Morgan fingerprint density at radius 1 is 1.29 bits per heavy atom. The molecule has 2 amide bonds. The fraction of sp³-hybridized carbons (Fsp3) is 0.154. The standard InChI is InChI=1S/C13H12BrN3O2S2/c1-8-6-20-13(15-8)21-7-11(18)16-17-12(19)9-2-4-10(14)5-3-9/h2-6H,7H2,1H3,(H,16,18)(H,17,19). The van der Waals surface area contributed by atoms with Gasteiger partial charge >= 0.3 is 0 Å². The van der Waals surface area contributed by atoms with Crippen LogP contribution in [0.25, 0.3) is 0 Å². The van der Waals surface area contributed by atoms with Crippen molar-refractivity contribution in [2.24, 2.45) is 0 Å². The van der Waals surface area contributed by atoms with Crippen molar-refractivity contribution in [1.82, 2.24) is 15.8 Å². The van der Waals surface area contributed by atoms with Crippen LogP contribution in [0.5, 0.6) is 0 Å². The number of nitrogens with zero attached hydrogens (tertiary/aromatic N) is 1. The van der Waals surface area contributed by atoms with Crippen molar-refractivity contribution in [1.29, 1.82) is 0 Å². The Labute approximate surface area is 138 Å². The highest BCUT2D eigenvalue weighted by molar-refractivity contribution is 9.10. The number of carbonyl (C=O) groups excluding carboxylic acids is 2. The quantitative estimate of drug-likeness (QED) is 0.626. The number of aromatic nitrogens is 1. The molecule has 21 heavy (non-hydrogen) atoms. The highest BCUT2D eigenvalue weighted by Gasteiger charge is 2.08. The zero-order chi connectivity index (χ0) is 15.2. The molecule has 2 rings (SSSR count). The first kappa shape index (κ1) is 16.0. The number of rotatable bonds is 4. The van der Waals surface area contributed by atoms with Crippen LogP contribution in [0.2, 0.25) is 0 Å². The Hall–Kier alpha value is -1.38. The van der Waals surface area contributed by atoms with Gasteiger partial charge < -0.3 is 0 Å². The predicted octanol–water partition coefficient (Wildman–Crippen LogP) is 2.77. The van der Waals surface area contributed by atoms with E-state index >= 15 is 0 Å². The Kier molecular flexibility index (Phi) is 5.77. The average molecular weight is 386 g/mol. The van der Waals surface area contributed by atoms with Gasteiger partial charge in [0, 0.05) is 21.1 Å². The summed E-state index contributed by atoms with van der Waals surface area (Å²) in [4.78, 5) is 27.7. The number of aryl methyl sites for hydroxylation is 1. The van der Waals surface area contributed by atoms with E-state index in [0.29, 0.717) is 5.56 Å². The van der Waals surface area contributed by atoms with Gasteiger partial charge in [-0.2, -0.15) is 0 Å². The molecular formula is C13H12BrN3O2S2. The number of halogens is 1. The lowest BCUT2D eigenvalue weighted by Crippen LogP contribution is -2.42. The molecule has 2 aromatic rings. The van der Waals surface area contributed by atoms with Crippen molar-refractivity contribution >= 4 is 50.8 Å². The second-order valence-corrected chi connectivity index (χ2v) is 7.05. The largest absolute Gasteiger partial charge is 0.272 e. The van der Waals surface area contributed by atoms with Gasteiger partial charge in [-0.15, -0.1) is 11.3 Å². The van der Waals surface area contributed by atoms with Crippen molar-refractivity contribution in [2.45, 2.75) is 11.3 Å². The van der Waals surface area contributed by atoms with E-state index in [2.05, 4.69) is 31.8 Å². The summed E-state index contributed by atoms with van der Waals surface area (Å²) in [6, 6.07) is 6.85. The summed E-state index contributed by atoms with van der Waals surface area (Å²) in [6.07, 6.45) is 0. The maximum Gasteiger partial charge on any atom is 0.269 e. The minimum absolute atomic E-state index is 0.202. The highest BCUT2D eigenvalue weighted by atomic mass is 79.9. The third-order valence-corrected chi connectivity index (χ3v) is 5.01. The number of hydrogen-bond acceptors (Lipinski definition) is 5. The lowest BCUT2D eigenvalue weighted by Gasteiger charge is -2.06. The smallest absolute Gasteiger partial charge is 0.269 e. The van der Waals surface area contributed by atoms with E-state index < -0.39 is 0 Å². The summed E-state index contributed by atoms with van der Waals surface area (Å²) in [7, 11) is 0. The Bertz CT molecular complexity index is 643. The molecule has 2 N–H and O–H groups in total. The molecule has 5 nitrogen and oxygen atoms in total. The molecule has 0 saturated heterocycles. The number of thioether (sulfide) groups is 1. The van der Waals surface area contributed by atoms with Gasteiger partial charge in [0.15, 0.2) is 4.34 Å². The van der Waals surface area contributed by atoms with Gasteiger partial charge in [-0.1, -0.05) is 27.7 Å². The monoisotopic (exact) mass is 385 g/mol. The Balaban J connectivity index is 1.75. The summed E-state index contributed by atoms with van der Waals surface area (Å²) < 4.78 is 1.72. The van der Waals surface area contributed by atoms with Crippen LogP contribution in [0.1, 0.15) is 16.1 Å². The minimum atomic E-state index is -0.356. The zero-order valence-electron chi connectivity index (χ0n) is 11.1.